The van der Waals surface area contributed by atoms with Gasteiger partial charge in [0, 0.05) is 12.2 Å². The predicted octanol–water partition coefficient (Wildman–Crippen LogP) is 2.04. The molecule has 2 rings (SSSR count). The Hall–Kier alpha value is -2.24. The Bertz CT molecular complexity index is 687. The summed E-state index contributed by atoms with van der Waals surface area (Å²) in [7, 11) is 0. The van der Waals surface area contributed by atoms with Gasteiger partial charge in [-0.2, -0.15) is 0 Å². The Labute approximate surface area is 122 Å². The molecule has 0 saturated heterocycles. The van der Waals surface area contributed by atoms with Gasteiger partial charge in [-0.05, 0) is 31.5 Å². The molecule has 0 aliphatic heterocycles. The Balaban J connectivity index is 2.20. The monoisotopic (exact) mass is 291 g/mol. The average molecular weight is 291 g/mol. The van der Waals surface area contributed by atoms with E-state index in [1.807, 2.05) is 0 Å². The third kappa shape index (κ3) is 3.26. The summed E-state index contributed by atoms with van der Waals surface area (Å²) in [6.45, 7) is 4.39. The number of fused-ring (bicyclic) bond motifs is 1. The van der Waals surface area contributed by atoms with Crippen molar-refractivity contribution in [2.75, 3.05) is 12.3 Å². The number of carbonyl (C=O) groups is 1. The van der Waals surface area contributed by atoms with Crippen LogP contribution in [-0.4, -0.2) is 17.0 Å². The van der Waals surface area contributed by atoms with Crippen LogP contribution < -0.4 is 16.8 Å². The van der Waals surface area contributed by atoms with Crippen molar-refractivity contribution in [2.45, 2.75) is 39.2 Å². The number of carbonyl (C=O) groups excluding carboxylic acids is 1. The number of hydrogen-bond donors (Lipinski definition) is 2. The van der Waals surface area contributed by atoms with Crippen molar-refractivity contribution < 1.29 is 9.21 Å². The minimum Gasteiger partial charge on any atom is -0.408 e. The van der Waals surface area contributed by atoms with Crippen LogP contribution in [0.15, 0.2) is 27.4 Å². The molecule has 0 aliphatic carbocycles. The molecule has 0 fully saturated rings. The third-order valence-corrected chi connectivity index (χ3v) is 3.48. The molecule has 1 aromatic heterocycles. The van der Waals surface area contributed by atoms with Gasteiger partial charge in [0.1, 0.15) is 6.04 Å². The molecule has 1 unspecified atom stereocenters. The highest BCUT2D eigenvalue weighted by Gasteiger charge is 2.21. The second-order valence-electron chi connectivity index (χ2n) is 5.14. The zero-order valence-corrected chi connectivity index (χ0v) is 12.4. The zero-order valence-electron chi connectivity index (χ0n) is 12.4. The quantitative estimate of drug-likeness (QED) is 0.629. The number of nitrogens with zero attached hydrogens (tertiary/aromatic N) is 1. The molecule has 0 saturated carbocycles. The fourth-order valence-electron chi connectivity index (χ4n) is 2.27. The number of amides is 1. The van der Waals surface area contributed by atoms with Crippen molar-refractivity contribution in [2.24, 2.45) is 0 Å². The van der Waals surface area contributed by atoms with E-state index in [9.17, 15) is 9.59 Å². The highest BCUT2D eigenvalue weighted by atomic mass is 16.4. The van der Waals surface area contributed by atoms with Crippen molar-refractivity contribution >= 4 is 22.7 Å². The van der Waals surface area contributed by atoms with Gasteiger partial charge in [0.05, 0.1) is 5.52 Å². The molecule has 0 spiro atoms. The molecule has 0 aliphatic rings. The number of rotatable bonds is 6. The summed E-state index contributed by atoms with van der Waals surface area (Å²) < 4.78 is 6.47. The number of oxazole rings is 1. The Kier molecular flexibility index (Phi) is 4.67. The maximum absolute atomic E-state index is 12.1. The van der Waals surface area contributed by atoms with Crippen LogP contribution in [0.2, 0.25) is 0 Å². The molecule has 1 amide bonds. The van der Waals surface area contributed by atoms with Crippen LogP contribution in [-0.2, 0) is 4.79 Å². The average Bonchev–Trinajstić information content (AvgIpc) is 2.77. The first-order chi connectivity index (χ1) is 10.0. The van der Waals surface area contributed by atoms with Gasteiger partial charge in [0.25, 0.3) is 0 Å². The number of hydrogen-bond acceptors (Lipinski definition) is 4. The Morgan fingerprint density at radius 3 is 2.90 bits per heavy atom. The van der Waals surface area contributed by atoms with E-state index in [4.69, 9.17) is 10.2 Å². The van der Waals surface area contributed by atoms with Crippen LogP contribution in [0.5, 0.6) is 0 Å². The zero-order chi connectivity index (χ0) is 15.4. The van der Waals surface area contributed by atoms with Gasteiger partial charge in [0.15, 0.2) is 5.58 Å². The lowest BCUT2D eigenvalue weighted by atomic mass is 10.2. The highest BCUT2D eigenvalue weighted by Crippen LogP contribution is 2.19. The molecule has 6 heteroatoms. The molecule has 1 atom stereocenters. The van der Waals surface area contributed by atoms with E-state index >= 15 is 0 Å². The van der Waals surface area contributed by atoms with Crippen molar-refractivity contribution in [3.8, 4) is 0 Å². The molecule has 1 heterocycles. The molecule has 114 valence electrons. The van der Waals surface area contributed by atoms with Crippen LogP contribution in [0, 0.1) is 0 Å². The van der Waals surface area contributed by atoms with E-state index in [-0.39, 0.29) is 5.91 Å². The fourth-order valence-corrected chi connectivity index (χ4v) is 2.27. The maximum Gasteiger partial charge on any atom is 0.420 e. The van der Waals surface area contributed by atoms with Gasteiger partial charge in [0.2, 0.25) is 5.91 Å². The van der Waals surface area contributed by atoms with Crippen molar-refractivity contribution in [3.63, 3.8) is 0 Å². The lowest BCUT2D eigenvalue weighted by Gasteiger charge is -2.13. The summed E-state index contributed by atoms with van der Waals surface area (Å²) in [5.74, 6) is -0.745. The Morgan fingerprint density at radius 1 is 1.43 bits per heavy atom. The van der Waals surface area contributed by atoms with Gasteiger partial charge in [-0.25, -0.2) is 4.79 Å². The Morgan fingerprint density at radius 2 is 2.19 bits per heavy atom. The molecule has 2 aromatic rings. The molecule has 0 radical (unpaired) electrons. The normalized spacial score (nSPS) is 12.5. The minimum atomic E-state index is -0.637. The molecular formula is C15H21N3O3. The summed E-state index contributed by atoms with van der Waals surface area (Å²) in [4.78, 5) is 24.1. The van der Waals surface area contributed by atoms with E-state index in [1.165, 1.54) is 4.57 Å². The number of unbranched alkanes of at least 4 members (excludes halogenated alkanes) is 2. The number of nitrogens with one attached hydrogen (secondary N) is 1. The van der Waals surface area contributed by atoms with Gasteiger partial charge in [-0.15, -0.1) is 0 Å². The van der Waals surface area contributed by atoms with Crippen LogP contribution in [0.1, 0.15) is 39.2 Å². The van der Waals surface area contributed by atoms with Crippen LogP contribution >= 0.6 is 0 Å². The third-order valence-electron chi connectivity index (χ3n) is 3.48. The number of anilines is 1. The summed E-state index contributed by atoms with van der Waals surface area (Å²) in [5, 5.41) is 2.84. The van der Waals surface area contributed by atoms with Gasteiger partial charge >= 0.3 is 5.76 Å². The minimum absolute atomic E-state index is 0.196. The number of aromatic nitrogens is 1. The maximum atomic E-state index is 12.1. The van der Waals surface area contributed by atoms with E-state index < -0.39 is 11.8 Å². The van der Waals surface area contributed by atoms with E-state index in [1.54, 1.807) is 25.1 Å². The van der Waals surface area contributed by atoms with Crippen molar-refractivity contribution in [3.05, 3.63) is 28.7 Å². The lowest BCUT2D eigenvalue weighted by molar-refractivity contribution is -0.123. The second-order valence-corrected chi connectivity index (χ2v) is 5.14. The first kappa shape index (κ1) is 15.2. The van der Waals surface area contributed by atoms with Crippen LogP contribution in [0.3, 0.4) is 0 Å². The summed E-state index contributed by atoms with van der Waals surface area (Å²) >= 11 is 0. The topological polar surface area (TPSA) is 90.3 Å². The molecule has 0 bridgehead atoms. The first-order valence-corrected chi connectivity index (χ1v) is 7.23. The standard InChI is InChI=1S/C15H21N3O3/c1-3-4-5-8-17-14(19)10(2)18-12-9-11(16)6-7-13(12)21-15(18)20/h6-7,9-10H,3-5,8,16H2,1-2H3,(H,17,19). The molecule has 6 nitrogen and oxygen atoms in total. The summed E-state index contributed by atoms with van der Waals surface area (Å²) in [6, 6.07) is 4.29. The van der Waals surface area contributed by atoms with Crippen LogP contribution in [0.25, 0.3) is 11.1 Å². The summed E-state index contributed by atoms with van der Waals surface area (Å²) in [5.41, 5.74) is 7.22. The first-order valence-electron chi connectivity index (χ1n) is 7.23. The SMILES string of the molecule is CCCCCNC(=O)C(C)n1c(=O)oc2ccc(N)cc21. The molecule has 21 heavy (non-hydrogen) atoms. The second kappa shape index (κ2) is 6.47. The number of nitrogens with two attached hydrogens (primary N) is 1. The van der Waals surface area contributed by atoms with E-state index in [0.717, 1.165) is 19.3 Å². The molecular weight excluding hydrogens is 270 g/mol. The smallest absolute Gasteiger partial charge is 0.408 e. The number of benzene rings is 1. The lowest BCUT2D eigenvalue weighted by Crippen LogP contribution is -2.34. The van der Waals surface area contributed by atoms with Gasteiger partial charge in [-0.3, -0.25) is 9.36 Å². The molecule has 3 N–H and O–H groups in total. The largest absolute Gasteiger partial charge is 0.420 e. The predicted molar refractivity (Wildman–Crippen MR) is 82.1 cm³/mol. The van der Waals surface area contributed by atoms with Gasteiger partial charge < -0.3 is 15.5 Å². The fraction of sp³-hybridized carbons (Fsp3) is 0.467. The van der Waals surface area contributed by atoms with Crippen molar-refractivity contribution in [1.82, 2.24) is 9.88 Å². The van der Waals surface area contributed by atoms with E-state index in [0.29, 0.717) is 23.3 Å². The highest BCUT2D eigenvalue weighted by molar-refractivity contribution is 5.83. The van der Waals surface area contributed by atoms with Crippen molar-refractivity contribution in [1.29, 1.82) is 0 Å². The van der Waals surface area contributed by atoms with Gasteiger partial charge in [-0.1, -0.05) is 19.8 Å². The molecule has 1 aromatic carbocycles. The number of nitrogen functional groups attached to an aromatic ring is 1. The summed E-state index contributed by atoms with van der Waals surface area (Å²) in [6.07, 6.45) is 3.10. The van der Waals surface area contributed by atoms with E-state index in [2.05, 4.69) is 12.2 Å². The van der Waals surface area contributed by atoms with Crippen LogP contribution in [0.4, 0.5) is 5.69 Å².